The van der Waals surface area contributed by atoms with Gasteiger partial charge in [0.2, 0.25) is 0 Å². The van der Waals surface area contributed by atoms with Gasteiger partial charge in [-0.05, 0) is 25.1 Å². The SMILES string of the molecule is COc1ccc(C(=O)N(C)CCCN)c(OC)c1. The number of amides is 1. The number of rotatable bonds is 6. The highest BCUT2D eigenvalue weighted by Gasteiger charge is 2.16. The number of hydrogen-bond acceptors (Lipinski definition) is 4. The second kappa shape index (κ2) is 6.86. The lowest BCUT2D eigenvalue weighted by molar-refractivity contribution is 0.0791. The number of nitrogens with zero attached hydrogens (tertiary/aromatic N) is 1. The maximum absolute atomic E-state index is 12.2. The van der Waals surface area contributed by atoms with Crippen LogP contribution < -0.4 is 15.2 Å². The fourth-order valence-corrected chi connectivity index (χ4v) is 1.61. The Morgan fingerprint density at radius 1 is 1.33 bits per heavy atom. The van der Waals surface area contributed by atoms with Crippen LogP contribution in [0.5, 0.6) is 11.5 Å². The van der Waals surface area contributed by atoms with Gasteiger partial charge in [0.15, 0.2) is 0 Å². The normalized spacial score (nSPS) is 10.0. The first kappa shape index (κ1) is 14.3. The first-order valence-electron chi connectivity index (χ1n) is 5.81. The predicted octanol–water partition coefficient (Wildman–Crippen LogP) is 1.12. The minimum Gasteiger partial charge on any atom is -0.497 e. The number of hydrogen-bond donors (Lipinski definition) is 1. The van der Waals surface area contributed by atoms with Crippen molar-refractivity contribution in [3.63, 3.8) is 0 Å². The smallest absolute Gasteiger partial charge is 0.257 e. The quantitative estimate of drug-likeness (QED) is 0.824. The zero-order chi connectivity index (χ0) is 13.5. The third-order valence-corrected chi connectivity index (χ3v) is 2.68. The van der Waals surface area contributed by atoms with Crippen molar-refractivity contribution in [2.45, 2.75) is 6.42 Å². The highest BCUT2D eigenvalue weighted by molar-refractivity contribution is 5.97. The van der Waals surface area contributed by atoms with Gasteiger partial charge in [-0.25, -0.2) is 0 Å². The molecule has 18 heavy (non-hydrogen) atoms. The molecule has 1 aromatic rings. The van der Waals surface area contributed by atoms with Gasteiger partial charge in [0.05, 0.1) is 19.8 Å². The molecule has 0 fully saturated rings. The van der Waals surface area contributed by atoms with Gasteiger partial charge < -0.3 is 20.1 Å². The lowest BCUT2D eigenvalue weighted by atomic mass is 10.1. The van der Waals surface area contributed by atoms with Crippen molar-refractivity contribution >= 4 is 5.91 Å². The van der Waals surface area contributed by atoms with Crippen LogP contribution >= 0.6 is 0 Å². The monoisotopic (exact) mass is 252 g/mol. The number of methoxy groups -OCH3 is 2. The summed E-state index contributed by atoms with van der Waals surface area (Å²) in [5.41, 5.74) is 5.96. The van der Waals surface area contributed by atoms with Gasteiger partial charge in [0, 0.05) is 19.7 Å². The summed E-state index contributed by atoms with van der Waals surface area (Å²) in [6, 6.07) is 5.15. The number of carbonyl (C=O) groups excluding carboxylic acids is 1. The van der Waals surface area contributed by atoms with E-state index in [4.69, 9.17) is 15.2 Å². The number of benzene rings is 1. The fraction of sp³-hybridized carbons (Fsp3) is 0.462. The van der Waals surface area contributed by atoms with E-state index in [9.17, 15) is 4.79 Å². The zero-order valence-corrected chi connectivity index (χ0v) is 11.1. The molecule has 5 heteroatoms. The Balaban J connectivity index is 2.90. The molecule has 0 aliphatic carbocycles. The van der Waals surface area contributed by atoms with Crippen LogP contribution in [-0.4, -0.2) is 45.2 Å². The minimum absolute atomic E-state index is 0.0806. The average Bonchev–Trinajstić information content (AvgIpc) is 2.43. The lowest BCUT2D eigenvalue weighted by Crippen LogP contribution is -2.29. The molecular weight excluding hydrogens is 232 g/mol. The Morgan fingerprint density at radius 3 is 2.61 bits per heavy atom. The van der Waals surface area contributed by atoms with E-state index < -0.39 is 0 Å². The van der Waals surface area contributed by atoms with Gasteiger partial charge in [0.25, 0.3) is 5.91 Å². The van der Waals surface area contributed by atoms with Crippen molar-refractivity contribution in [2.24, 2.45) is 5.73 Å². The van der Waals surface area contributed by atoms with Crippen LogP contribution in [-0.2, 0) is 0 Å². The zero-order valence-electron chi connectivity index (χ0n) is 11.1. The van der Waals surface area contributed by atoms with E-state index in [0.717, 1.165) is 6.42 Å². The van der Waals surface area contributed by atoms with Gasteiger partial charge in [-0.2, -0.15) is 0 Å². The largest absolute Gasteiger partial charge is 0.497 e. The maximum Gasteiger partial charge on any atom is 0.257 e. The Bertz CT molecular complexity index is 407. The first-order chi connectivity index (χ1) is 8.63. The molecule has 0 radical (unpaired) electrons. The molecule has 100 valence electrons. The Hall–Kier alpha value is -1.75. The summed E-state index contributed by atoms with van der Waals surface area (Å²) in [6.07, 6.45) is 0.778. The first-order valence-corrected chi connectivity index (χ1v) is 5.81. The number of ether oxygens (including phenoxy) is 2. The Labute approximate surface area is 107 Å². The molecule has 0 spiro atoms. The molecule has 0 bridgehead atoms. The van der Waals surface area contributed by atoms with Crippen LogP contribution in [0, 0.1) is 0 Å². The van der Waals surface area contributed by atoms with Crippen LogP contribution in [0.3, 0.4) is 0 Å². The predicted molar refractivity (Wildman–Crippen MR) is 70.2 cm³/mol. The lowest BCUT2D eigenvalue weighted by Gasteiger charge is -2.18. The van der Waals surface area contributed by atoms with Crippen molar-refractivity contribution in [3.8, 4) is 11.5 Å². The van der Waals surface area contributed by atoms with Crippen LogP contribution in [0.1, 0.15) is 16.8 Å². The van der Waals surface area contributed by atoms with Gasteiger partial charge in [-0.1, -0.05) is 0 Å². The van der Waals surface area contributed by atoms with Crippen molar-refractivity contribution in [3.05, 3.63) is 23.8 Å². The molecule has 0 heterocycles. The topological polar surface area (TPSA) is 64.8 Å². The highest BCUT2D eigenvalue weighted by atomic mass is 16.5. The summed E-state index contributed by atoms with van der Waals surface area (Å²) in [7, 11) is 4.86. The number of carbonyl (C=O) groups is 1. The molecule has 1 amide bonds. The Morgan fingerprint density at radius 2 is 2.06 bits per heavy atom. The highest BCUT2D eigenvalue weighted by Crippen LogP contribution is 2.25. The molecule has 1 rings (SSSR count). The molecular formula is C13H20N2O3. The minimum atomic E-state index is -0.0806. The molecule has 0 atom stereocenters. The third kappa shape index (κ3) is 3.37. The van der Waals surface area contributed by atoms with E-state index in [1.165, 1.54) is 7.11 Å². The second-order valence-electron chi connectivity index (χ2n) is 3.94. The summed E-state index contributed by atoms with van der Waals surface area (Å²) in [4.78, 5) is 13.8. The summed E-state index contributed by atoms with van der Waals surface area (Å²) < 4.78 is 10.3. The van der Waals surface area contributed by atoms with Crippen LogP contribution in [0.4, 0.5) is 0 Å². The molecule has 1 aromatic carbocycles. The fourth-order valence-electron chi connectivity index (χ4n) is 1.61. The van der Waals surface area contributed by atoms with Gasteiger partial charge in [-0.15, -0.1) is 0 Å². The van der Waals surface area contributed by atoms with E-state index in [1.807, 2.05) is 0 Å². The van der Waals surface area contributed by atoms with Crippen LogP contribution in [0.15, 0.2) is 18.2 Å². The van der Waals surface area contributed by atoms with Crippen molar-refractivity contribution in [1.82, 2.24) is 4.90 Å². The Kier molecular flexibility index (Phi) is 5.45. The molecule has 0 aromatic heterocycles. The van der Waals surface area contributed by atoms with Crippen molar-refractivity contribution in [2.75, 3.05) is 34.4 Å². The molecule has 0 saturated carbocycles. The van der Waals surface area contributed by atoms with Gasteiger partial charge in [-0.3, -0.25) is 4.79 Å². The van der Waals surface area contributed by atoms with Gasteiger partial charge >= 0.3 is 0 Å². The van der Waals surface area contributed by atoms with E-state index in [-0.39, 0.29) is 5.91 Å². The molecule has 0 aliphatic heterocycles. The summed E-state index contributed by atoms with van der Waals surface area (Å²) in [6.45, 7) is 1.20. The van der Waals surface area contributed by atoms with Gasteiger partial charge in [0.1, 0.15) is 11.5 Å². The van der Waals surface area contributed by atoms with Crippen molar-refractivity contribution < 1.29 is 14.3 Å². The number of nitrogens with two attached hydrogens (primary N) is 1. The second-order valence-corrected chi connectivity index (χ2v) is 3.94. The van der Waals surface area contributed by atoms with E-state index in [2.05, 4.69) is 0 Å². The van der Waals surface area contributed by atoms with E-state index >= 15 is 0 Å². The summed E-state index contributed by atoms with van der Waals surface area (Å²) >= 11 is 0. The van der Waals surface area contributed by atoms with Crippen LogP contribution in [0.2, 0.25) is 0 Å². The van der Waals surface area contributed by atoms with Crippen LogP contribution in [0.25, 0.3) is 0 Å². The molecule has 0 unspecified atom stereocenters. The third-order valence-electron chi connectivity index (χ3n) is 2.68. The van der Waals surface area contributed by atoms with Crippen molar-refractivity contribution in [1.29, 1.82) is 0 Å². The van der Waals surface area contributed by atoms with E-state index in [0.29, 0.717) is 30.2 Å². The summed E-state index contributed by atoms with van der Waals surface area (Å²) in [5, 5.41) is 0. The van der Waals surface area contributed by atoms with E-state index in [1.54, 1.807) is 37.3 Å². The summed E-state index contributed by atoms with van der Waals surface area (Å²) in [5.74, 6) is 1.09. The molecule has 0 aliphatic rings. The molecule has 0 saturated heterocycles. The molecule has 5 nitrogen and oxygen atoms in total. The maximum atomic E-state index is 12.2. The standard InChI is InChI=1S/C13H20N2O3/c1-15(8-4-7-14)13(16)11-6-5-10(17-2)9-12(11)18-3/h5-6,9H,4,7-8,14H2,1-3H3. The average molecular weight is 252 g/mol. The molecule has 2 N–H and O–H groups in total.